The number of aryl methyl sites for hydroxylation is 1. The average molecular weight is 465 g/mol. The number of rotatable bonds is 8. The van der Waals surface area contributed by atoms with Crippen molar-refractivity contribution in [3.63, 3.8) is 0 Å². The van der Waals surface area contributed by atoms with Crippen LogP contribution in [0, 0.1) is 0 Å². The Labute approximate surface area is 193 Å². The van der Waals surface area contributed by atoms with Crippen LogP contribution in [-0.4, -0.2) is 63.0 Å². The number of pyridine rings is 1. The molecule has 4 heterocycles. The lowest BCUT2D eigenvalue weighted by molar-refractivity contribution is 0.334. The Morgan fingerprint density at radius 1 is 1.00 bits per heavy atom. The molecule has 0 spiro atoms. The Morgan fingerprint density at radius 2 is 1.76 bits per heavy atom. The van der Waals surface area contributed by atoms with Gasteiger partial charge in [0.05, 0.1) is 24.3 Å². The van der Waals surface area contributed by atoms with Crippen LogP contribution in [0.15, 0.2) is 54.9 Å². The van der Waals surface area contributed by atoms with Crippen molar-refractivity contribution in [3.05, 3.63) is 71.8 Å². The highest BCUT2D eigenvalue weighted by atomic mass is 32.2. The number of likely N-dealkylation sites (tertiary alicyclic amines) is 1. The lowest BCUT2D eigenvalue weighted by atomic mass is 10.1. The van der Waals surface area contributed by atoms with Crippen LogP contribution in [0.1, 0.15) is 36.2 Å². The maximum Gasteiger partial charge on any atom is 0.250 e. The zero-order chi connectivity index (χ0) is 22.8. The highest BCUT2D eigenvalue weighted by Gasteiger charge is 2.14. The molecule has 0 atom stereocenters. The van der Waals surface area contributed by atoms with Crippen LogP contribution in [0.2, 0.25) is 0 Å². The molecule has 172 valence electrons. The van der Waals surface area contributed by atoms with Gasteiger partial charge in [0.15, 0.2) is 11.5 Å². The molecule has 8 nitrogen and oxygen atoms in total. The van der Waals surface area contributed by atoms with Gasteiger partial charge in [-0.15, -0.1) is 0 Å². The summed E-state index contributed by atoms with van der Waals surface area (Å²) in [6, 6.07) is 14.4. The number of hydrogen-bond acceptors (Lipinski definition) is 6. The fourth-order valence-corrected chi connectivity index (χ4v) is 4.90. The molecule has 0 saturated carbocycles. The molecule has 0 N–H and O–H groups in total. The van der Waals surface area contributed by atoms with Crippen LogP contribution in [-0.2, 0) is 22.9 Å². The van der Waals surface area contributed by atoms with Gasteiger partial charge >= 0.3 is 0 Å². The Hall–Kier alpha value is -3.04. The molecule has 1 aromatic carbocycles. The van der Waals surface area contributed by atoms with Gasteiger partial charge in [0, 0.05) is 12.0 Å². The van der Waals surface area contributed by atoms with Crippen LogP contribution in [0.25, 0.3) is 16.9 Å². The smallest absolute Gasteiger partial charge is 0.250 e. The summed E-state index contributed by atoms with van der Waals surface area (Å²) in [5, 5.41) is 8.65. The van der Waals surface area contributed by atoms with Gasteiger partial charge in [-0.1, -0.05) is 30.3 Å². The summed E-state index contributed by atoms with van der Waals surface area (Å²) in [6.45, 7) is 3.71. The fourth-order valence-electron chi connectivity index (χ4n) is 4.38. The number of aromatic nitrogens is 5. The van der Waals surface area contributed by atoms with E-state index in [0.29, 0.717) is 17.6 Å². The van der Waals surface area contributed by atoms with Gasteiger partial charge in [-0.2, -0.15) is 14.3 Å². The molecule has 0 amide bonds. The van der Waals surface area contributed by atoms with E-state index in [2.05, 4.69) is 44.3 Å². The third kappa shape index (κ3) is 4.99. The maximum atomic E-state index is 11.8. The van der Waals surface area contributed by atoms with E-state index < -0.39 is 10.0 Å². The first-order valence-electron chi connectivity index (χ1n) is 11.4. The fraction of sp³-hybridized carbons (Fsp3) is 0.375. The van der Waals surface area contributed by atoms with E-state index in [1.165, 1.54) is 62.4 Å². The molecule has 1 fully saturated rings. The van der Waals surface area contributed by atoms with Gasteiger partial charge in [-0.25, -0.2) is 17.9 Å². The van der Waals surface area contributed by atoms with Crippen LogP contribution in [0.4, 0.5) is 0 Å². The average Bonchev–Trinajstić information content (AvgIpc) is 3.55. The van der Waals surface area contributed by atoms with E-state index in [4.69, 9.17) is 0 Å². The minimum Gasteiger partial charge on any atom is -0.303 e. The van der Waals surface area contributed by atoms with E-state index in [9.17, 15) is 8.42 Å². The second-order valence-electron chi connectivity index (χ2n) is 8.72. The highest BCUT2D eigenvalue weighted by Crippen LogP contribution is 2.21. The van der Waals surface area contributed by atoms with Crippen LogP contribution < -0.4 is 0 Å². The van der Waals surface area contributed by atoms with Crippen molar-refractivity contribution in [2.75, 3.05) is 25.9 Å². The molecule has 33 heavy (non-hydrogen) atoms. The van der Waals surface area contributed by atoms with E-state index >= 15 is 0 Å². The van der Waals surface area contributed by atoms with E-state index in [0.717, 1.165) is 28.3 Å². The van der Waals surface area contributed by atoms with E-state index in [1.807, 2.05) is 18.2 Å². The Morgan fingerprint density at radius 3 is 2.48 bits per heavy atom. The lowest BCUT2D eigenvalue weighted by Crippen LogP contribution is -2.20. The minimum atomic E-state index is -3.43. The molecule has 9 heteroatoms. The summed E-state index contributed by atoms with van der Waals surface area (Å²) >= 11 is 0. The van der Waals surface area contributed by atoms with Crippen LogP contribution in [0.3, 0.4) is 0 Å². The molecule has 1 aliphatic heterocycles. The predicted molar refractivity (Wildman–Crippen MR) is 128 cm³/mol. The second kappa shape index (κ2) is 9.07. The molecule has 1 aliphatic rings. The standard InChI is InChI=1S/C24H28N6O2S/c1-33(31,32)29-18-21(17-25-29)22-7-4-8-24-26-23(27-30(22)24)16-20-11-9-19(10-12-20)6-5-15-28-13-2-3-14-28/h4,7-12,17-18H,2-3,5-6,13-16H2,1H3. The van der Waals surface area contributed by atoms with Crippen molar-refractivity contribution >= 4 is 15.7 Å². The topological polar surface area (TPSA) is 85.4 Å². The number of benzene rings is 1. The van der Waals surface area contributed by atoms with Gasteiger partial charge in [0.2, 0.25) is 0 Å². The first kappa shape index (κ1) is 21.8. The highest BCUT2D eigenvalue weighted by molar-refractivity contribution is 7.89. The second-order valence-corrected chi connectivity index (χ2v) is 10.6. The molecule has 4 aromatic rings. The molecule has 0 radical (unpaired) electrons. The third-order valence-electron chi connectivity index (χ3n) is 6.12. The molecular weight excluding hydrogens is 436 g/mol. The number of hydrogen-bond donors (Lipinski definition) is 0. The molecule has 5 rings (SSSR count). The summed E-state index contributed by atoms with van der Waals surface area (Å²) in [5.74, 6) is 0.722. The number of fused-ring (bicyclic) bond motifs is 1. The quantitative estimate of drug-likeness (QED) is 0.399. The Bertz CT molecular complexity index is 1350. The van der Waals surface area contributed by atoms with Gasteiger partial charge < -0.3 is 4.90 Å². The normalized spacial score (nSPS) is 14.9. The summed E-state index contributed by atoms with van der Waals surface area (Å²) in [6.07, 6.45) is 9.77. The zero-order valence-electron chi connectivity index (χ0n) is 18.8. The van der Waals surface area contributed by atoms with Crippen LogP contribution >= 0.6 is 0 Å². The first-order valence-corrected chi connectivity index (χ1v) is 13.2. The molecule has 3 aromatic heterocycles. The van der Waals surface area contributed by atoms with Gasteiger partial charge in [0.25, 0.3) is 10.0 Å². The summed E-state index contributed by atoms with van der Waals surface area (Å²) in [5.41, 5.74) is 4.66. The van der Waals surface area contributed by atoms with Crippen molar-refractivity contribution < 1.29 is 8.42 Å². The van der Waals surface area contributed by atoms with Crippen LogP contribution in [0.5, 0.6) is 0 Å². The monoisotopic (exact) mass is 464 g/mol. The van der Waals surface area contributed by atoms with Crippen molar-refractivity contribution in [2.24, 2.45) is 0 Å². The summed E-state index contributed by atoms with van der Waals surface area (Å²) in [7, 11) is -3.43. The van der Waals surface area contributed by atoms with E-state index in [1.54, 1.807) is 4.52 Å². The molecule has 0 bridgehead atoms. The van der Waals surface area contributed by atoms with Gasteiger partial charge in [-0.05, 0) is 68.6 Å². The molecular formula is C24H28N6O2S. The zero-order valence-corrected chi connectivity index (χ0v) is 19.6. The Balaban J connectivity index is 1.28. The van der Waals surface area contributed by atoms with Gasteiger partial charge in [-0.3, -0.25) is 0 Å². The SMILES string of the molecule is CS(=O)(=O)n1cc(-c2cccc3nc(Cc4ccc(CCCN5CCCC5)cc4)nn23)cn1. The number of nitrogens with zero attached hydrogens (tertiary/aromatic N) is 6. The molecule has 0 aliphatic carbocycles. The van der Waals surface area contributed by atoms with Crippen molar-refractivity contribution in [1.29, 1.82) is 0 Å². The lowest BCUT2D eigenvalue weighted by Gasteiger charge is -2.13. The van der Waals surface area contributed by atoms with Crippen molar-refractivity contribution in [2.45, 2.75) is 32.1 Å². The predicted octanol–water partition coefficient (Wildman–Crippen LogP) is 3.02. The maximum absolute atomic E-state index is 11.8. The first-order chi connectivity index (χ1) is 16.0. The molecule has 1 saturated heterocycles. The molecule has 0 unspecified atom stereocenters. The van der Waals surface area contributed by atoms with E-state index in [-0.39, 0.29) is 0 Å². The van der Waals surface area contributed by atoms with Gasteiger partial charge in [0.1, 0.15) is 0 Å². The summed E-state index contributed by atoms with van der Waals surface area (Å²) in [4.78, 5) is 7.23. The minimum absolute atomic E-state index is 0.637. The summed E-state index contributed by atoms with van der Waals surface area (Å²) < 4.78 is 26.2. The largest absolute Gasteiger partial charge is 0.303 e. The van der Waals surface area contributed by atoms with Crippen molar-refractivity contribution in [1.82, 2.24) is 28.7 Å². The Kier molecular flexibility index (Phi) is 5.99. The van der Waals surface area contributed by atoms with Crippen molar-refractivity contribution in [3.8, 4) is 11.3 Å². The third-order valence-corrected chi connectivity index (χ3v) is 7.00.